The number of nitrogens with zero attached hydrogens (tertiary/aromatic N) is 1. The van der Waals surface area contributed by atoms with Crippen LogP contribution in [0.5, 0.6) is 0 Å². The predicted molar refractivity (Wildman–Crippen MR) is 148 cm³/mol. The molecule has 4 aliphatic rings. The van der Waals surface area contributed by atoms with Gasteiger partial charge in [-0.1, -0.05) is 36.4 Å². The van der Waals surface area contributed by atoms with Crippen molar-refractivity contribution in [1.29, 1.82) is 0 Å². The Balaban J connectivity index is 1.22. The van der Waals surface area contributed by atoms with Gasteiger partial charge in [-0.25, -0.2) is 4.98 Å². The van der Waals surface area contributed by atoms with Gasteiger partial charge in [0.15, 0.2) is 0 Å². The maximum atomic E-state index is 6.49. The number of imidazole rings is 1. The molecule has 186 valence electrons. The van der Waals surface area contributed by atoms with E-state index in [0.717, 1.165) is 23.8 Å². The Morgan fingerprint density at radius 1 is 0.917 bits per heavy atom. The average Bonchev–Trinajstić information content (AvgIpc) is 3.67. The van der Waals surface area contributed by atoms with Gasteiger partial charge in [0.05, 0.1) is 23.1 Å². The first-order valence-electron chi connectivity index (χ1n) is 13.3. The summed E-state index contributed by atoms with van der Waals surface area (Å²) in [6.07, 6.45) is 5.80. The van der Waals surface area contributed by atoms with Gasteiger partial charge < -0.3 is 14.3 Å². The van der Waals surface area contributed by atoms with Crippen LogP contribution in [0.2, 0.25) is 0 Å². The zero-order chi connectivity index (χ0) is 24.7. The fourth-order valence-electron chi connectivity index (χ4n) is 6.53. The highest BCUT2D eigenvalue weighted by Crippen LogP contribution is 2.55. The van der Waals surface area contributed by atoms with Gasteiger partial charge in [-0.15, -0.1) is 11.8 Å². The van der Waals surface area contributed by atoms with Crippen LogP contribution in [0.3, 0.4) is 0 Å². The molecule has 2 aliphatic heterocycles. The van der Waals surface area contributed by atoms with Gasteiger partial charge in [-0.3, -0.25) is 5.32 Å². The van der Waals surface area contributed by atoms with E-state index in [9.17, 15) is 0 Å². The van der Waals surface area contributed by atoms with Crippen LogP contribution in [-0.4, -0.2) is 40.6 Å². The third kappa shape index (κ3) is 3.54. The molecule has 3 atom stereocenters. The van der Waals surface area contributed by atoms with Gasteiger partial charge in [0.1, 0.15) is 11.2 Å². The SMILES string of the molecule is CC1(C)OB(c2ccc(-c3ccc(-c4cnc(C5NCCS5)[nH]4)cc3)c3c2C2CCC3C2)OC1(C)C. The van der Waals surface area contributed by atoms with E-state index >= 15 is 0 Å². The second-order valence-electron chi connectivity index (χ2n) is 11.8. The lowest BCUT2D eigenvalue weighted by atomic mass is 9.70. The molecular formula is C29H34BN3O2S. The highest BCUT2D eigenvalue weighted by atomic mass is 32.2. The quantitative estimate of drug-likeness (QED) is 0.448. The fourth-order valence-corrected chi connectivity index (χ4v) is 7.51. The number of hydrogen-bond acceptors (Lipinski definition) is 5. The van der Waals surface area contributed by atoms with Crippen LogP contribution in [-0.2, 0) is 9.31 Å². The summed E-state index contributed by atoms with van der Waals surface area (Å²) in [7, 11) is -0.290. The first kappa shape index (κ1) is 23.1. The van der Waals surface area contributed by atoms with Gasteiger partial charge in [0, 0.05) is 12.3 Å². The highest BCUT2D eigenvalue weighted by Gasteiger charge is 2.53. The maximum Gasteiger partial charge on any atom is 0.495 e. The van der Waals surface area contributed by atoms with E-state index in [1.807, 2.05) is 18.0 Å². The maximum absolute atomic E-state index is 6.49. The fraction of sp³-hybridized carbons (Fsp3) is 0.483. The molecule has 0 amide bonds. The normalized spacial score (nSPS) is 27.7. The molecule has 3 fully saturated rings. The van der Waals surface area contributed by atoms with Crippen LogP contribution in [0.15, 0.2) is 42.6 Å². The third-order valence-electron chi connectivity index (χ3n) is 9.14. The standard InChI is InChI=1S/C29H34BN3O2S/c1-28(2)29(3,4)35-30(34-28)22-12-11-21(24-19-9-10-20(15-19)25(22)24)17-5-7-18(8-6-17)23-16-32-26(33-23)27-31-13-14-36-27/h5-8,11-12,16,19-20,27,31H,9-10,13-15H2,1-4H3,(H,32,33). The molecule has 36 heavy (non-hydrogen) atoms. The molecule has 1 aromatic heterocycles. The van der Waals surface area contributed by atoms with E-state index in [0.29, 0.717) is 11.8 Å². The molecule has 7 rings (SSSR count). The summed E-state index contributed by atoms with van der Waals surface area (Å²) in [5, 5.41) is 3.77. The minimum atomic E-state index is -0.324. The lowest BCUT2D eigenvalue weighted by Crippen LogP contribution is -2.41. The van der Waals surface area contributed by atoms with Gasteiger partial charge >= 0.3 is 7.12 Å². The van der Waals surface area contributed by atoms with E-state index < -0.39 is 0 Å². The monoisotopic (exact) mass is 499 g/mol. The van der Waals surface area contributed by atoms with E-state index in [2.05, 4.69) is 79.4 Å². The molecule has 2 saturated heterocycles. The Morgan fingerprint density at radius 2 is 1.61 bits per heavy atom. The van der Waals surface area contributed by atoms with Gasteiger partial charge in [0.25, 0.3) is 0 Å². The number of aromatic amines is 1. The number of hydrogen-bond donors (Lipinski definition) is 2. The molecule has 2 bridgehead atoms. The highest BCUT2D eigenvalue weighted by molar-refractivity contribution is 7.99. The van der Waals surface area contributed by atoms with Gasteiger partial charge in [-0.2, -0.15) is 0 Å². The van der Waals surface area contributed by atoms with Crippen molar-refractivity contribution in [2.45, 2.75) is 75.4 Å². The molecule has 0 spiro atoms. The largest absolute Gasteiger partial charge is 0.495 e. The lowest BCUT2D eigenvalue weighted by molar-refractivity contribution is 0.00578. The zero-order valence-corrected chi connectivity index (χ0v) is 22.4. The molecule has 3 unspecified atom stereocenters. The summed E-state index contributed by atoms with van der Waals surface area (Å²) in [5.74, 6) is 3.43. The summed E-state index contributed by atoms with van der Waals surface area (Å²) in [4.78, 5) is 8.16. The van der Waals surface area contributed by atoms with E-state index in [1.54, 1.807) is 5.56 Å². The van der Waals surface area contributed by atoms with Crippen LogP contribution in [0.4, 0.5) is 0 Å². The van der Waals surface area contributed by atoms with Gasteiger partial charge in [0.2, 0.25) is 0 Å². The summed E-state index contributed by atoms with van der Waals surface area (Å²) in [5.41, 5.74) is 8.56. The van der Waals surface area contributed by atoms with E-state index in [1.165, 1.54) is 47.0 Å². The first-order chi connectivity index (χ1) is 17.3. The number of H-pyrrole nitrogens is 1. The molecule has 2 aliphatic carbocycles. The van der Waals surface area contributed by atoms with Crippen molar-refractivity contribution in [3.05, 3.63) is 59.5 Å². The van der Waals surface area contributed by atoms with Crippen molar-refractivity contribution in [3.8, 4) is 22.4 Å². The molecular weight excluding hydrogens is 465 g/mol. The Bertz CT molecular complexity index is 1300. The molecule has 7 heteroatoms. The number of fused-ring (bicyclic) bond motifs is 5. The second-order valence-corrected chi connectivity index (χ2v) is 13.0. The van der Waals surface area contributed by atoms with Crippen molar-refractivity contribution >= 4 is 24.3 Å². The number of nitrogens with one attached hydrogen (secondary N) is 2. The van der Waals surface area contributed by atoms with Crippen LogP contribution in [0.1, 0.15) is 81.1 Å². The molecule has 3 aromatic rings. The Labute approximate surface area is 218 Å². The van der Waals surface area contributed by atoms with Crippen LogP contribution in [0, 0.1) is 0 Å². The summed E-state index contributed by atoms with van der Waals surface area (Å²) in [6.45, 7) is 9.60. The van der Waals surface area contributed by atoms with Crippen LogP contribution >= 0.6 is 11.8 Å². The lowest BCUT2D eigenvalue weighted by Gasteiger charge is -2.32. The minimum absolute atomic E-state index is 0.276. The molecule has 0 radical (unpaired) electrons. The third-order valence-corrected chi connectivity index (χ3v) is 10.3. The Kier molecular flexibility index (Phi) is 5.27. The summed E-state index contributed by atoms with van der Waals surface area (Å²) in [6, 6.07) is 13.6. The van der Waals surface area contributed by atoms with Crippen LogP contribution in [0.25, 0.3) is 22.4 Å². The number of thioether (sulfide) groups is 1. The van der Waals surface area contributed by atoms with Gasteiger partial charge in [-0.05, 0) is 92.1 Å². The van der Waals surface area contributed by atoms with Crippen molar-refractivity contribution in [2.24, 2.45) is 0 Å². The zero-order valence-electron chi connectivity index (χ0n) is 21.6. The summed E-state index contributed by atoms with van der Waals surface area (Å²) >= 11 is 1.91. The summed E-state index contributed by atoms with van der Waals surface area (Å²) < 4.78 is 13.0. The van der Waals surface area contributed by atoms with Crippen molar-refractivity contribution in [2.75, 3.05) is 12.3 Å². The number of aromatic nitrogens is 2. The number of benzene rings is 2. The Morgan fingerprint density at radius 3 is 2.31 bits per heavy atom. The minimum Gasteiger partial charge on any atom is -0.399 e. The molecule has 2 aromatic carbocycles. The van der Waals surface area contributed by atoms with Crippen LogP contribution < -0.4 is 10.8 Å². The topological polar surface area (TPSA) is 59.2 Å². The molecule has 1 saturated carbocycles. The second kappa shape index (κ2) is 8.22. The first-order valence-corrected chi connectivity index (χ1v) is 14.4. The average molecular weight is 499 g/mol. The Hall–Kier alpha value is -2.06. The van der Waals surface area contributed by atoms with E-state index in [4.69, 9.17) is 9.31 Å². The molecule has 5 nitrogen and oxygen atoms in total. The predicted octanol–water partition coefficient (Wildman–Crippen LogP) is 5.74. The van der Waals surface area contributed by atoms with Crippen molar-refractivity contribution in [3.63, 3.8) is 0 Å². The smallest absolute Gasteiger partial charge is 0.399 e. The van der Waals surface area contributed by atoms with E-state index in [-0.39, 0.29) is 23.7 Å². The van der Waals surface area contributed by atoms with Crippen molar-refractivity contribution < 1.29 is 9.31 Å². The molecule has 2 N–H and O–H groups in total. The molecule has 3 heterocycles. The van der Waals surface area contributed by atoms with Crippen molar-refractivity contribution in [1.82, 2.24) is 15.3 Å². The number of rotatable bonds is 4.